The van der Waals surface area contributed by atoms with Gasteiger partial charge in [0.15, 0.2) is 0 Å². The Kier molecular flexibility index (Phi) is 14.3. The summed E-state index contributed by atoms with van der Waals surface area (Å²) in [6.07, 6.45) is 10.7. The maximum Gasteiger partial charge on any atom is 0.285 e. The predicted molar refractivity (Wildman–Crippen MR) is 91.0 cm³/mol. The van der Waals surface area contributed by atoms with E-state index in [1.807, 2.05) is 0 Å². The fourth-order valence-electron chi connectivity index (χ4n) is 2.89. The van der Waals surface area contributed by atoms with E-state index in [-0.39, 0.29) is 5.92 Å². The highest BCUT2D eigenvalue weighted by atomic mass is 16.9. The second-order valence-electron chi connectivity index (χ2n) is 5.87. The number of ether oxygens (including phenoxy) is 4. The summed E-state index contributed by atoms with van der Waals surface area (Å²) in [5, 5.41) is 0. The Morgan fingerprint density at radius 3 is 1.82 bits per heavy atom. The minimum absolute atomic E-state index is 0.190. The average Bonchev–Trinajstić information content (AvgIpc) is 2.55. The van der Waals surface area contributed by atoms with Crippen molar-refractivity contribution < 1.29 is 18.9 Å². The van der Waals surface area contributed by atoms with Crippen LogP contribution in [0.1, 0.15) is 71.6 Å². The van der Waals surface area contributed by atoms with Gasteiger partial charge >= 0.3 is 0 Å². The van der Waals surface area contributed by atoms with Crippen molar-refractivity contribution in [3.8, 4) is 0 Å². The first-order valence-electron chi connectivity index (χ1n) is 8.93. The van der Waals surface area contributed by atoms with Crippen LogP contribution in [0.4, 0.5) is 0 Å². The van der Waals surface area contributed by atoms with Crippen LogP contribution in [0.15, 0.2) is 0 Å². The number of rotatable bonds is 16. The molecule has 4 heteroatoms. The van der Waals surface area contributed by atoms with E-state index >= 15 is 0 Å². The van der Waals surface area contributed by atoms with Gasteiger partial charge in [-0.2, -0.15) is 0 Å². The highest BCUT2D eigenvalue weighted by Crippen LogP contribution is 2.31. The van der Waals surface area contributed by atoms with Crippen LogP contribution in [0.5, 0.6) is 0 Å². The molecule has 0 aliphatic heterocycles. The van der Waals surface area contributed by atoms with Crippen LogP contribution in [-0.4, -0.2) is 40.5 Å². The number of unbranched alkanes of at least 4 members (excludes halogenated alkanes) is 5. The Morgan fingerprint density at radius 1 is 0.682 bits per heavy atom. The molecule has 0 radical (unpaired) electrons. The summed E-state index contributed by atoms with van der Waals surface area (Å²) in [6.45, 7) is 5.91. The van der Waals surface area contributed by atoms with Crippen molar-refractivity contribution in [2.45, 2.75) is 77.6 Å². The van der Waals surface area contributed by atoms with Crippen LogP contribution in [0.3, 0.4) is 0 Å². The summed E-state index contributed by atoms with van der Waals surface area (Å²) in [5.41, 5.74) is 0. The second kappa shape index (κ2) is 14.4. The summed E-state index contributed by atoms with van der Waals surface area (Å²) in [7, 11) is 4.94. The fourth-order valence-corrected chi connectivity index (χ4v) is 2.89. The van der Waals surface area contributed by atoms with E-state index in [4.69, 9.17) is 18.9 Å². The monoisotopic (exact) mass is 318 g/mol. The molecule has 0 aromatic rings. The number of hydrogen-bond acceptors (Lipinski definition) is 4. The zero-order chi connectivity index (χ0) is 16.7. The Morgan fingerprint density at radius 2 is 1.27 bits per heavy atom. The molecule has 134 valence electrons. The van der Waals surface area contributed by atoms with Gasteiger partial charge in [-0.3, -0.25) is 0 Å². The van der Waals surface area contributed by atoms with Crippen molar-refractivity contribution in [3.63, 3.8) is 0 Å². The maximum absolute atomic E-state index is 5.63. The van der Waals surface area contributed by atoms with E-state index in [1.165, 1.54) is 38.5 Å². The van der Waals surface area contributed by atoms with Gasteiger partial charge in [-0.15, -0.1) is 0 Å². The Bertz CT molecular complexity index is 221. The first kappa shape index (κ1) is 21.8. The first-order valence-corrected chi connectivity index (χ1v) is 8.93. The highest BCUT2D eigenvalue weighted by molar-refractivity contribution is 4.71. The predicted octanol–water partition coefficient (Wildman–Crippen LogP) is 4.76. The Hall–Kier alpha value is -0.160. The largest absolute Gasteiger partial charge is 0.381 e. The first-order chi connectivity index (χ1) is 10.7. The van der Waals surface area contributed by atoms with Crippen LogP contribution < -0.4 is 0 Å². The minimum Gasteiger partial charge on any atom is -0.381 e. The summed E-state index contributed by atoms with van der Waals surface area (Å²) >= 11 is 0. The molecule has 22 heavy (non-hydrogen) atoms. The molecule has 0 rings (SSSR count). The molecule has 1 atom stereocenters. The third-order valence-electron chi connectivity index (χ3n) is 4.22. The molecule has 0 aromatic carbocycles. The van der Waals surface area contributed by atoms with Gasteiger partial charge in [0.1, 0.15) is 0 Å². The van der Waals surface area contributed by atoms with Gasteiger partial charge in [0, 0.05) is 40.5 Å². The van der Waals surface area contributed by atoms with E-state index < -0.39 is 5.97 Å². The van der Waals surface area contributed by atoms with E-state index in [0.717, 1.165) is 32.5 Å². The number of hydrogen-bond donors (Lipinski definition) is 0. The lowest BCUT2D eigenvalue weighted by molar-refractivity contribution is -0.381. The molecule has 0 aliphatic carbocycles. The lowest BCUT2D eigenvalue weighted by atomic mass is 9.94. The molecule has 0 N–H and O–H groups in total. The van der Waals surface area contributed by atoms with Crippen LogP contribution in [0.2, 0.25) is 0 Å². The fraction of sp³-hybridized carbons (Fsp3) is 1.00. The van der Waals surface area contributed by atoms with Crippen molar-refractivity contribution in [2.75, 3.05) is 34.5 Å². The standard InChI is InChI=1S/C18H38O4/c1-6-8-9-10-11-12-13-17(14-16-22-15-7-2)18(19-3,20-4)21-5/h17H,6-16H2,1-5H3. The zero-order valence-corrected chi connectivity index (χ0v) is 15.5. The van der Waals surface area contributed by atoms with E-state index in [2.05, 4.69) is 13.8 Å². The van der Waals surface area contributed by atoms with Gasteiger partial charge in [0.2, 0.25) is 0 Å². The lowest BCUT2D eigenvalue weighted by Gasteiger charge is -2.36. The Labute approximate surface area is 137 Å². The molecular formula is C18H38O4. The van der Waals surface area contributed by atoms with E-state index in [0.29, 0.717) is 0 Å². The van der Waals surface area contributed by atoms with Crippen molar-refractivity contribution in [3.05, 3.63) is 0 Å². The van der Waals surface area contributed by atoms with Crippen molar-refractivity contribution in [1.29, 1.82) is 0 Å². The van der Waals surface area contributed by atoms with Gasteiger partial charge in [-0.1, -0.05) is 52.4 Å². The van der Waals surface area contributed by atoms with Crippen LogP contribution in [0.25, 0.3) is 0 Å². The molecule has 1 unspecified atom stereocenters. The summed E-state index contributed by atoms with van der Waals surface area (Å²) in [5.74, 6) is -0.755. The van der Waals surface area contributed by atoms with E-state index in [9.17, 15) is 0 Å². The quantitative estimate of drug-likeness (QED) is 0.304. The van der Waals surface area contributed by atoms with Crippen LogP contribution >= 0.6 is 0 Å². The molecule has 0 aliphatic rings. The van der Waals surface area contributed by atoms with Crippen molar-refractivity contribution in [1.82, 2.24) is 0 Å². The molecule has 0 aromatic heterocycles. The third-order valence-corrected chi connectivity index (χ3v) is 4.22. The van der Waals surface area contributed by atoms with Crippen LogP contribution in [-0.2, 0) is 18.9 Å². The van der Waals surface area contributed by atoms with E-state index in [1.54, 1.807) is 21.3 Å². The maximum atomic E-state index is 5.63. The Balaban J connectivity index is 4.32. The normalized spacial score (nSPS) is 13.5. The molecule has 0 fully saturated rings. The van der Waals surface area contributed by atoms with Crippen LogP contribution in [0, 0.1) is 5.92 Å². The smallest absolute Gasteiger partial charge is 0.285 e. The summed E-state index contributed by atoms with van der Waals surface area (Å²) < 4.78 is 22.3. The van der Waals surface area contributed by atoms with Crippen molar-refractivity contribution >= 4 is 0 Å². The molecule has 0 saturated carbocycles. The van der Waals surface area contributed by atoms with Gasteiger partial charge in [0.25, 0.3) is 5.97 Å². The van der Waals surface area contributed by atoms with Crippen molar-refractivity contribution in [2.24, 2.45) is 5.92 Å². The molecule has 0 amide bonds. The van der Waals surface area contributed by atoms with Gasteiger partial charge < -0.3 is 18.9 Å². The third kappa shape index (κ3) is 8.47. The molecular weight excluding hydrogens is 280 g/mol. The number of methoxy groups -OCH3 is 3. The second-order valence-corrected chi connectivity index (χ2v) is 5.87. The van der Waals surface area contributed by atoms with Gasteiger partial charge in [0.05, 0.1) is 0 Å². The van der Waals surface area contributed by atoms with Gasteiger partial charge in [-0.25, -0.2) is 0 Å². The highest BCUT2D eigenvalue weighted by Gasteiger charge is 2.39. The minimum atomic E-state index is -0.945. The summed E-state index contributed by atoms with van der Waals surface area (Å²) in [4.78, 5) is 0. The molecule has 0 saturated heterocycles. The molecule has 0 bridgehead atoms. The SMILES string of the molecule is CCCCCCCCC(CCOCCC)C(OC)(OC)OC. The molecule has 0 spiro atoms. The van der Waals surface area contributed by atoms with Gasteiger partial charge in [-0.05, 0) is 19.3 Å². The zero-order valence-electron chi connectivity index (χ0n) is 15.5. The summed E-state index contributed by atoms with van der Waals surface area (Å²) in [6, 6.07) is 0. The average molecular weight is 318 g/mol. The molecule has 4 nitrogen and oxygen atoms in total. The topological polar surface area (TPSA) is 36.9 Å². The lowest BCUT2D eigenvalue weighted by Crippen LogP contribution is -2.44. The molecule has 0 heterocycles.